The van der Waals surface area contributed by atoms with Crippen LogP contribution >= 0.6 is 11.6 Å². The minimum atomic E-state index is 0.0708. The van der Waals surface area contributed by atoms with Crippen LogP contribution in [0.25, 0.3) is 0 Å². The van der Waals surface area contributed by atoms with Crippen molar-refractivity contribution in [1.29, 1.82) is 0 Å². The van der Waals surface area contributed by atoms with Crippen molar-refractivity contribution >= 4 is 17.5 Å². The van der Waals surface area contributed by atoms with Crippen molar-refractivity contribution in [3.63, 3.8) is 0 Å². The molecule has 2 saturated heterocycles. The Morgan fingerprint density at radius 1 is 1.40 bits per heavy atom. The molecule has 3 rings (SSSR count). The van der Waals surface area contributed by atoms with Gasteiger partial charge in [-0.2, -0.15) is 0 Å². The summed E-state index contributed by atoms with van der Waals surface area (Å²) >= 11 is 6.05. The molecule has 2 aliphatic rings. The highest BCUT2D eigenvalue weighted by molar-refractivity contribution is 6.30. The predicted octanol–water partition coefficient (Wildman–Crippen LogP) is 2.78. The van der Waals surface area contributed by atoms with Crippen molar-refractivity contribution in [2.75, 3.05) is 19.6 Å². The van der Waals surface area contributed by atoms with E-state index < -0.39 is 0 Å². The predicted molar refractivity (Wildman–Crippen MR) is 80.6 cm³/mol. The van der Waals surface area contributed by atoms with E-state index >= 15 is 0 Å². The van der Waals surface area contributed by atoms with Gasteiger partial charge in [0.1, 0.15) is 0 Å². The fraction of sp³-hybridized carbons (Fsp3) is 0.562. The molecule has 2 heterocycles. The number of carbonyl (C=O) groups is 1. The van der Waals surface area contributed by atoms with Crippen LogP contribution < -0.4 is 0 Å². The van der Waals surface area contributed by atoms with Crippen LogP contribution in [0.15, 0.2) is 24.3 Å². The molecule has 0 N–H and O–H groups in total. The van der Waals surface area contributed by atoms with E-state index in [2.05, 4.69) is 17.9 Å². The van der Waals surface area contributed by atoms with Gasteiger partial charge in [-0.25, -0.2) is 0 Å². The Morgan fingerprint density at radius 3 is 3.00 bits per heavy atom. The molecule has 1 amide bonds. The summed E-state index contributed by atoms with van der Waals surface area (Å²) in [5.74, 6) is 0.999. The van der Waals surface area contributed by atoms with Crippen LogP contribution in [-0.2, 0) is 11.3 Å². The van der Waals surface area contributed by atoms with Crippen LogP contribution in [0.5, 0.6) is 0 Å². The van der Waals surface area contributed by atoms with Crippen molar-refractivity contribution < 1.29 is 4.79 Å². The van der Waals surface area contributed by atoms with Crippen LogP contribution in [0.3, 0.4) is 0 Å². The standard InChI is InChI=1S/C16H21ClN2O/c1-2-18-10-13-6-7-19(15(9-13)16(18)20)11-12-4-3-5-14(17)8-12/h3-5,8,13,15H,2,6-7,9-11H2,1H3/t13-,15+/m0/s1. The van der Waals surface area contributed by atoms with Gasteiger partial charge in [-0.05, 0) is 49.9 Å². The molecule has 1 aromatic carbocycles. The van der Waals surface area contributed by atoms with Crippen LogP contribution in [0, 0.1) is 5.92 Å². The van der Waals surface area contributed by atoms with Gasteiger partial charge in [0.25, 0.3) is 0 Å². The summed E-state index contributed by atoms with van der Waals surface area (Å²) < 4.78 is 0. The summed E-state index contributed by atoms with van der Waals surface area (Å²) in [7, 11) is 0. The van der Waals surface area contributed by atoms with Gasteiger partial charge in [-0.3, -0.25) is 9.69 Å². The van der Waals surface area contributed by atoms with Crippen molar-refractivity contribution in [3.8, 4) is 0 Å². The van der Waals surface area contributed by atoms with Crippen LogP contribution in [-0.4, -0.2) is 41.4 Å². The number of hydrogen-bond acceptors (Lipinski definition) is 2. The van der Waals surface area contributed by atoms with Crippen molar-refractivity contribution in [3.05, 3.63) is 34.9 Å². The third-order valence-electron chi connectivity index (χ3n) is 4.55. The fourth-order valence-corrected chi connectivity index (χ4v) is 3.68. The number of piperidine rings is 2. The molecule has 0 radical (unpaired) electrons. The van der Waals surface area contributed by atoms with Gasteiger partial charge in [-0.1, -0.05) is 23.7 Å². The number of halogens is 1. The number of hydrogen-bond donors (Lipinski definition) is 0. The largest absolute Gasteiger partial charge is 0.341 e. The second-order valence-electron chi connectivity index (χ2n) is 5.88. The highest BCUT2D eigenvalue weighted by Gasteiger charge is 2.40. The minimum Gasteiger partial charge on any atom is -0.341 e. The summed E-state index contributed by atoms with van der Waals surface area (Å²) in [5.41, 5.74) is 1.19. The van der Waals surface area contributed by atoms with Gasteiger partial charge >= 0.3 is 0 Å². The van der Waals surface area contributed by atoms with E-state index in [4.69, 9.17) is 11.6 Å². The molecule has 0 aromatic heterocycles. The quantitative estimate of drug-likeness (QED) is 0.855. The molecule has 0 unspecified atom stereocenters. The van der Waals surface area contributed by atoms with Crippen molar-refractivity contribution in [1.82, 2.24) is 9.80 Å². The molecule has 2 bridgehead atoms. The molecule has 4 heteroatoms. The Hall–Kier alpha value is -1.06. The number of carbonyl (C=O) groups excluding carboxylic acids is 1. The first-order valence-electron chi connectivity index (χ1n) is 7.44. The lowest BCUT2D eigenvalue weighted by atomic mass is 9.85. The van der Waals surface area contributed by atoms with Gasteiger partial charge in [0, 0.05) is 24.7 Å². The van der Waals surface area contributed by atoms with Crippen molar-refractivity contribution in [2.45, 2.75) is 32.4 Å². The number of benzene rings is 1. The second kappa shape index (κ2) is 5.74. The summed E-state index contributed by atoms with van der Waals surface area (Å²) in [6.07, 6.45) is 2.22. The second-order valence-corrected chi connectivity index (χ2v) is 6.32. The molecule has 2 fully saturated rings. The first kappa shape index (κ1) is 13.9. The topological polar surface area (TPSA) is 23.6 Å². The van der Waals surface area contributed by atoms with Gasteiger partial charge in [-0.15, -0.1) is 0 Å². The number of rotatable bonds is 3. The molecule has 1 aromatic rings. The maximum absolute atomic E-state index is 12.5. The number of nitrogens with zero attached hydrogens (tertiary/aromatic N) is 2. The van der Waals surface area contributed by atoms with Crippen LogP contribution in [0.2, 0.25) is 5.02 Å². The Balaban J connectivity index is 1.75. The van der Waals surface area contributed by atoms with Crippen molar-refractivity contribution in [2.24, 2.45) is 5.92 Å². The summed E-state index contributed by atoms with van der Waals surface area (Å²) in [4.78, 5) is 16.8. The Labute approximate surface area is 125 Å². The van der Waals surface area contributed by atoms with Gasteiger partial charge in [0.15, 0.2) is 0 Å². The monoisotopic (exact) mass is 292 g/mol. The zero-order chi connectivity index (χ0) is 14.1. The van der Waals surface area contributed by atoms with E-state index in [9.17, 15) is 4.79 Å². The molecule has 0 spiro atoms. The minimum absolute atomic E-state index is 0.0708. The smallest absolute Gasteiger partial charge is 0.239 e. The highest BCUT2D eigenvalue weighted by atomic mass is 35.5. The summed E-state index contributed by atoms with van der Waals surface area (Å²) in [6.45, 7) is 5.69. The normalized spacial score (nSPS) is 26.9. The third kappa shape index (κ3) is 2.70. The van der Waals surface area contributed by atoms with E-state index in [1.54, 1.807) is 0 Å². The molecule has 20 heavy (non-hydrogen) atoms. The number of likely N-dealkylation sites (tertiary alicyclic amines) is 2. The van der Waals surface area contributed by atoms with Gasteiger partial charge in [0.2, 0.25) is 5.91 Å². The molecule has 108 valence electrons. The summed E-state index contributed by atoms with van der Waals surface area (Å²) in [5, 5.41) is 0.766. The fourth-order valence-electron chi connectivity index (χ4n) is 3.47. The SMILES string of the molecule is CCN1C[C@H]2CCN(Cc3cccc(Cl)c3)[C@H](C2)C1=O. The average molecular weight is 293 g/mol. The zero-order valence-corrected chi connectivity index (χ0v) is 12.6. The van der Waals surface area contributed by atoms with E-state index in [0.29, 0.717) is 11.8 Å². The molecular formula is C16H21ClN2O. The van der Waals surface area contributed by atoms with Crippen LogP contribution in [0.1, 0.15) is 25.3 Å². The van der Waals surface area contributed by atoms with Gasteiger partial charge in [0.05, 0.1) is 6.04 Å². The number of amides is 1. The maximum atomic E-state index is 12.5. The summed E-state index contributed by atoms with van der Waals surface area (Å²) in [6, 6.07) is 8.02. The van der Waals surface area contributed by atoms with E-state index in [1.807, 2.05) is 23.1 Å². The Kier molecular flexibility index (Phi) is 3.99. The lowest BCUT2D eigenvalue weighted by Crippen LogP contribution is -2.58. The zero-order valence-electron chi connectivity index (χ0n) is 11.9. The molecule has 3 nitrogen and oxygen atoms in total. The first-order valence-corrected chi connectivity index (χ1v) is 7.82. The first-order chi connectivity index (χ1) is 9.67. The average Bonchev–Trinajstić information content (AvgIpc) is 2.45. The molecule has 2 atom stereocenters. The Bertz CT molecular complexity index is 505. The van der Waals surface area contributed by atoms with Gasteiger partial charge < -0.3 is 4.90 Å². The van der Waals surface area contributed by atoms with Crippen LogP contribution in [0.4, 0.5) is 0 Å². The molecule has 0 saturated carbocycles. The maximum Gasteiger partial charge on any atom is 0.239 e. The number of fused-ring (bicyclic) bond motifs is 2. The third-order valence-corrected chi connectivity index (χ3v) is 4.79. The highest BCUT2D eigenvalue weighted by Crippen LogP contribution is 2.31. The number of likely N-dealkylation sites (N-methyl/N-ethyl adjacent to an activating group) is 1. The van der Waals surface area contributed by atoms with E-state index in [1.165, 1.54) is 12.0 Å². The lowest BCUT2D eigenvalue weighted by Gasteiger charge is -2.46. The molecule has 0 aliphatic carbocycles. The lowest BCUT2D eigenvalue weighted by molar-refractivity contribution is -0.145. The molecular weight excluding hydrogens is 272 g/mol. The Morgan fingerprint density at radius 2 is 2.25 bits per heavy atom. The molecule has 2 aliphatic heterocycles. The van der Waals surface area contributed by atoms with E-state index in [0.717, 1.165) is 37.6 Å². The van der Waals surface area contributed by atoms with E-state index in [-0.39, 0.29) is 6.04 Å².